The van der Waals surface area contributed by atoms with E-state index in [9.17, 15) is 18.0 Å². The highest BCUT2D eigenvalue weighted by molar-refractivity contribution is 5.66. The molecule has 1 saturated heterocycles. The molecule has 7 heteroatoms. The van der Waals surface area contributed by atoms with Gasteiger partial charge in [-0.1, -0.05) is 37.1 Å². The lowest BCUT2D eigenvalue weighted by molar-refractivity contribution is -0.274. The Hall–Kier alpha value is -2.38. The van der Waals surface area contributed by atoms with Gasteiger partial charge in [-0.25, -0.2) is 0 Å². The molecule has 0 spiro atoms. The number of benzene rings is 2. The molecule has 0 aromatic heterocycles. The number of carbonyl (C=O) groups excluding carboxylic acids is 1. The average Bonchev–Trinajstić information content (AvgIpc) is 3.48. The van der Waals surface area contributed by atoms with Crippen molar-refractivity contribution in [3.63, 3.8) is 0 Å². The Morgan fingerprint density at radius 3 is 2.33 bits per heavy atom. The van der Waals surface area contributed by atoms with Crippen LogP contribution in [-0.2, 0) is 24.3 Å². The second-order valence-corrected chi connectivity index (χ2v) is 10.8. The van der Waals surface area contributed by atoms with Crippen LogP contribution < -0.4 is 4.74 Å². The molecule has 0 N–H and O–H groups in total. The van der Waals surface area contributed by atoms with Gasteiger partial charge in [-0.15, -0.1) is 13.2 Å². The second-order valence-electron chi connectivity index (χ2n) is 10.8. The molecule has 2 aromatic rings. The average molecular weight is 501 g/mol. The summed E-state index contributed by atoms with van der Waals surface area (Å²) in [4.78, 5) is 16.9. The van der Waals surface area contributed by atoms with E-state index in [1.165, 1.54) is 74.9 Å². The van der Waals surface area contributed by atoms with Gasteiger partial charge in [0.15, 0.2) is 0 Å². The number of carbonyl (C=O) groups is 1. The summed E-state index contributed by atoms with van der Waals surface area (Å²) in [6.45, 7) is 5.67. The van der Waals surface area contributed by atoms with Crippen LogP contribution in [0, 0.1) is 12.8 Å². The fraction of sp³-hybridized carbons (Fsp3) is 0.552. The van der Waals surface area contributed by atoms with Crippen molar-refractivity contribution < 1.29 is 22.7 Å². The van der Waals surface area contributed by atoms with Gasteiger partial charge in [0, 0.05) is 19.1 Å². The Bertz CT molecular complexity index is 1060. The number of hydrogen-bond acceptors (Lipinski definition) is 4. The molecule has 36 heavy (non-hydrogen) atoms. The molecule has 0 amide bonds. The first kappa shape index (κ1) is 25.3. The van der Waals surface area contributed by atoms with Crippen LogP contribution in [0.5, 0.6) is 5.75 Å². The Morgan fingerprint density at radius 1 is 1.00 bits per heavy atom. The highest BCUT2D eigenvalue weighted by Crippen LogP contribution is 2.38. The summed E-state index contributed by atoms with van der Waals surface area (Å²) in [6.07, 6.45) is 5.38. The monoisotopic (exact) mass is 500 g/mol. The lowest BCUT2D eigenvalue weighted by Gasteiger charge is -2.36. The minimum atomic E-state index is -4.71. The van der Waals surface area contributed by atoms with Crippen LogP contribution >= 0.6 is 0 Å². The quantitative estimate of drug-likeness (QED) is 0.415. The zero-order chi connectivity index (χ0) is 25.3. The second kappa shape index (κ2) is 10.5. The molecule has 1 aliphatic carbocycles. The van der Waals surface area contributed by atoms with Crippen molar-refractivity contribution in [2.24, 2.45) is 5.92 Å². The highest BCUT2D eigenvalue weighted by atomic mass is 19.4. The topological polar surface area (TPSA) is 32.8 Å². The Labute approximate surface area is 211 Å². The standard InChI is InChI=1S/C29H35F3N2O2/c1-20-14-23(15-21-10-12-33(13-11-21)25-4-2-3-5-25)16-24-18-34(27(19-35)28(20)24)17-22-6-8-26(9-7-22)36-29(30,31)32/h6-9,14,16,19,21,25,27H,2-5,10-13,15,17-18H2,1H3. The van der Waals surface area contributed by atoms with Crippen molar-refractivity contribution in [2.45, 2.75) is 83.4 Å². The van der Waals surface area contributed by atoms with E-state index in [0.717, 1.165) is 35.4 Å². The van der Waals surface area contributed by atoms with E-state index in [1.807, 2.05) is 0 Å². The van der Waals surface area contributed by atoms with Crippen molar-refractivity contribution in [2.75, 3.05) is 13.1 Å². The summed E-state index contributed by atoms with van der Waals surface area (Å²) in [5.74, 6) is 0.467. The lowest BCUT2D eigenvalue weighted by Crippen LogP contribution is -2.40. The summed E-state index contributed by atoms with van der Waals surface area (Å²) < 4.78 is 41.3. The first-order valence-corrected chi connectivity index (χ1v) is 13.2. The largest absolute Gasteiger partial charge is 0.573 e. The van der Waals surface area contributed by atoms with Gasteiger partial charge in [0.05, 0.1) is 6.04 Å². The zero-order valence-electron chi connectivity index (χ0n) is 20.9. The van der Waals surface area contributed by atoms with Crippen LogP contribution in [0.2, 0.25) is 0 Å². The van der Waals surface area contributed by atoms with Gasteiger partial charge in [-0.2, -0.15) is 0 Å². The molecule has 2 aliphatic heterocycles. The summed E-state index contributed by atoms with van der Waals surface area (Å²) >= 11 is 0. The van der Waals surface area contributed by atoms with Gasteiger partial charge >= 0.3 is 6.36 Å². The third-order valence-electron chi connectivity index (χ3n) is 8.28. The Morgan fingerprint density at radius 2 is 1.69 bits per heavy atom. The van der Waals surface area contributed by atoms with Crippen LogP contribution in [-0.4, -0.2) is 41.6 Å². The minimum Gasteiger partial charge on any atom is -0.406 e. The molecule has 1 atom stereocenters. The SMILES string of the molecule is Cc1cc(CC2CCN(C3CCCC3)CC2)cc2c1C(C=O)N(Cc1ccc(OC(F)(F)F)cc1)C2. The maximum atomic E-state index is 12.4. The third-order valence-corrected chi connectivity index (χ3v) is 8.28. The van der Waals surface area contributed by atoms with Gasteiger partial charge in [0.2, 0.25) is 0 Å². The number of likely N-dealkylation sites (tertiary alicyclic amines) is 1. The molecule has 194 valence electrons. The summed E-state index contributed by atoms with van der Waals surface area (Å²) in [5, 5.41) is 0. The molecule has 5 rings (SSSR count). The van der Waals surface area contributed by atoms with Crippen molar-refractivity contribution in [3.05, 3.63) is 64.2 Å². The molecule has 2 heterocycles. The van der Waals surface area contributed by atoms with E-state index in [1.54, 1.807) is 12.1 Å². The van der Waals surface area contributed by atoms with E-state index >= 15 is 0 Å². The van der Waals surface area contributed by atoms with E-state index in [4.69, 9.17) is 0 Å². The lowest BCUT2D eigenvalue weighted by atomic mass is 9.87. The number of aryl methyl sites for hydroxylation is 1. The van der Waals surface area contributed by atoms with Gasteiger partial charge in [0.25, 0.3) is 0 Å². The normalized spacial score (nSPS) is 22.2. The fourth-order valence-electron chi connectivity index (χ4n) is 6.59. The van der Waals surface area contributed by atoms with Crippen molar-refractivity contribution >= 4 is 6.29 Å². The van der Waals surface area contributed by atoms with Crippen molar-refractivity contribution in [1.29, 1.82) is 0 Å². The zero-order valence-corrected chi connectivity index (χ0v) is 20.9. The van der Waals surface area contributed by atoms with Crippen molar-refractivity contribution in [3.8, 4) is 5.75 Å². The Balaban J connectivity index is 1.22. The maximum absolute atomic E-state index is 12.4. The third kappa shape index (κ3) is 5.78. The number of halogens is 3. The van der Waals surface area contributed by atoms with E-state index in [0.29, 0.717) is 19.0 Å². The minimum absolute atomic E-state index is 0.238. The Kier molecular flexibility index (Phi) is 7.40. The summed E-state index contributed by atoms with van der Waals surface area (Å²) in [7, 11) is 0. The van der Waals surface area contributed by atoms with E-state index in [2.05, 4.69) is 33.6 Å². The number of ether oxygens (including phenoxy) is 1. The molecule has 0 bridgehead atoms. The highest BCUT2D eigenvalue weighted by Gasteiger charge is 2.33. The van der Waals surface area contributed by atoms with Crippen LogP contribution in [0.25, 0.3) is 0 Å². The van der Waals surface area contributed by atoms with Crippen LogP contribution in [0.1, 0.15) is 72.4 Å². The number of rotatable bonds is 7. The number of alkyl halides is 3. The van der Waals surface area contributed by atoms with Crippen LogP contribution in [0.4, 0.5) is 13.2 Å². The molecule has 2 aromatic carbocycles. The van der Waals surface area contributed by atoms with Gasteiger partial charge in [-0.3, -0.25) is 4.90 Å². The molecular weight excluding hydrogens is 465 g/mol. The number of nitrogens with zero attached hydrogens (tertiary/aromatic N) is 2. The fourth-order valence-corrected chi connectivity index (χ4v) is 6.59. The first-order valence-electron chi connectivity index (χ1n) is 13.2. The number of aldehydes is 1. The first-order chi connectivity index (χ1) is 17.3. The molecule has 0 radical (unpaired) electrons. The van der Waals surface area contributed by atoms with Gasteiger partial charge < -0.3 is 14.4 Å². The van der Waals surface area contributed by atoms with Crippen LogP contribution in [0.3, 0.4) is 0 Å². The van der Waals surface area contributed by atoms with Crippen LogP contribution in [0.15, 0.2) is 36.4 Å². The molecule has 1 saturated carbocycles. The summed E-state index contributed by atoms with van der Waals surface area (Å²) in [5.41, 5.74) is 5.63. The molecule has 4 nitrogen and oxygen atoms in total. The van der Waals surface area contributed by atoms with E-state index in [-0.39, 0.29) is 11.8 Å². The van der Waals surface area contributed by atoms with Crippen molar-refractivity contribution in [1.82, 2.24) is 9.80 Å². The molecule has 1 unspecified atom stereocenters. The maximum Gasteiger partial charge on any atom is 0.573 e. The van der Waals surface area contributed by atoms with E-state index < -0.39 is 6.36 Å². The predicted molar refractivity (Wildman–Crippen MR) is 133 cm³/mol. The summed E-state index contributed by atoms with van der Waals surface area (Å²) in [6, 6.07) is 10.9. The number of fused-ring (bicyclic) bond motifs is 1. The molecule has 3 aliphatic rings. The van der Waals surface area contributed by atoms with Gasteiger partial charge in [0.1, 0.15) is 12.0 Å². The number of piperidine rings is 1. The predicted octanol–water partition coefficient (Wildman–Crippen LogP) is 6.35. The molecular formula is C29H35F3N2O2. The smallest absolute Gasteiger partial charge is 0.406 e. The van der Waals surface area contributed by atoms with Gasteiger partial charge in [-0.05, 0) is 98.0 Å². The molecule has 2 fully saturated rings. The number of hydrogen-bond donors (Lipinski definition) is 0.